The Labute approximate surface area is 202 Å². The highest BCUT2D eigenvalue weighted by molar-refractivity contribution is 5.69. The summed E-state index contributed by atoms with van der Waals surface area (Å²) in [4.78, 5) is 12.3. The zero-order valence-electron chi connectivity index (χ0n) is 22.5. The zero-order valence-corrected chi connectivity index (χ0v) is 22.5. The van der Waals surface area contributed by atoms with Crippen molar-refractivity contribution in [3.8, 4) is 0 Å². The van der Waals surface area contributed by atoms with Crippen LogP contribution in [-0.4, -0.2) is 12.1 Å². The van der Waals surface area contributed by atoms with Crippen LogP contribution in [-0.2, 0) is 9.53 Å². The number of hydrogen-bond acceptors (Lipinski definition) is 2. The minimum absolute atomic E-state index is 0.0516. The van der Waals surface area contributed by atoms with Crippen molar-refractivity contribution in [2.45, 2.75) is 169 Å². The molecule has 0 bridgehead atoms. The van der Waals surface area contributed by atoms with Crippen LogP contribution in [0.3, 0.4) is 0 Å². The molecule has 190 valence electrons. The minimum atomic E-state index is 0.0516. The van der Waals surface area contributed by atoms with E-state index in [1.807, 2.05) is 0 Å². The lowest BCUT2D eigenvalue weighted by molar-refractivity contribution is -0.156. The number of esters is 1. The zero-order chi connectivity index (χ0) is 23.4. The maximum Gasteiger partial charge on any atom is 0.306 e. The summed E-state index contributed by atoms with van der Waals surface area (Å²) in [5, 5.41) is 0. The van der Waals surface area contributed by atoms with E-state index in [0.717, 1.165) is 12.8 Å². The van der Waals surface area contributed by atoms with Crippen LogP contribution in [0.25, 0.3) is 0 Å². The first kappa shape index (κ1) is 29.5. The highest BCUT2D eigenvalue weighted by Gasteiger charge is 2.33. The molecule has 3 atom stereocenters. The smallest absolute Gasteiger partial charge is 0.306 e. The van der Waals surface area contributed by atoms with E-state index in [0.29, 0.717) is 24.2 Å². The molecule has 0 aromatic heterocycles. The summed E-state index contributed by atoms with van der Waals surface area (Å²) in [7, 11) is 0. The molecular weight excluding hydrogens is 392 g/mol. The molecule has 0 spiro atoms. The van der Waals surface area contributed by atoms with Crippen molar-refractivity contribution in [2.24, 2.45) is 17.8 Å². The number of carbonyl (C=O) groups excluding carboxylic acids is 1. The van der Waals surface area contributed by atoms with Crippen LogP contribution >= 0.6 is 0 Å². The third-order valence-electron chi connectivity index (χ3n) is 7.73. The Hall–Kier alpha value is -0.530. The highest BCUT2D eigenvalue weighted by Crippen LogP contribution is 2.35. The standard InChI is InChI=1S/C30H58O2/c1-5-6-7-8-9-10-11-12-13-14-15-16-17-18-19-20-21-22-30(31)32-29-25-27(4)23-24-28(29)26(2)3/h26-29H,5-25H2,1-4H3. The van der Waals surface area contributed by atoms with Crippen molar-refractivity contribution >= 4 is 5.97 Å². The summed E-state index contributed by atoms with van der Waals surface area (Å²) in [6.07, 6.45) is 27.7. The van der Waals surface area contributed by atoms with Crippen molar-refractivity contribution < 1.29 is 9.53 Å². The van der Waals surface area contributed by atoms with Crippen LogP contribution in [0.5, 0.6) is 0 Å². The summed E-state index contributed by atoms with van der Waals surface area (Å²) < 4.78 is 5.93. The fourth-order valence-electron chi connectivity index (χ4n) is 5.47. The molecule has 2 heteroatoms. The van der Waals surface area contributed by atoms with Crippen LogP contribution in [0.4, 0.5) is 0 Å². The number of unbranched alkanes of at least 4 members (excludes halogenated alkanes) is 16. The van der Waals surface area contributed by atoms with Gasteiger partial charge in [0.1, 0.15) is 6.10 Å². The lowest BCUT2D eigenvalue weighted by atomic mass is 9.75. The summed E-state index contributed by atoms with van der Waals surface area (Å²) in [5.41, 5.74) is 0. The Bertz CT molecular complexity index is 431. The van der Waals surface area contributed by atoms with E-state index in [1.54, 1.807) is 0 Å². The van der Waals surface area contributed by atoms with Crippen molar-refractivity contribution in [3.63, 3.8) is 0 Å². The van der Waals surface area contributed by atoms with Crippen LogP contribution in [0.1, 0.15) is 163 Å². The normalized spacial score (nSPS) is 21.2. The number of carbonyl (C=O) groups is 1. The van der Waals surface area contributed by atoms with E-state index < -0.39 is 0 Å². The molecule has 0 saturated heterocycles. The van der Waals surface area contributed by atoms with Crippen molar-refractivity contribution in [3.05, 3.63) is 0 Å². The largest absolute Gasteiger partial charge is 0.462 e. The number of hydrogen-bond donors (Lipinski definition) is 0. The molecule has 0 aromatic carbocycles. The summed E-state index contributed by atoms with van der Waals surface area (Å²) in [5.74, 6) is 1.92. The van der Waals surface area contributed by atoms with Gasteiger partial charge in [0.2, 0.25) is 0 Å². The van der Waals surface area contributed by atoms with E-state index in [9.17, 15) is 4.79 Å². The van der Waals surface area contributed by atoms with Gasteiger partial charge in [0.05, 0.1) is 0 Å². The van der Waals surface area contributed by atoms with Gasteiger partial charge < -0.3 is 4.74 Å². The molecule has 0 aliphatic heterocycles. The fourth-order valence-corrected chi connectivity index (χ4v) is 5.47. The molecule has 0 radical (unpaired) electrons. The minimum Gasteiger partial charge on any atom is -0.462 e. The summed E-state index contributed by atoms with van der Waals surface area (Å²) in [6, 6.07) is 0. The molecule has 2 nitrogen and oxygen atoms in total. The van der Waals surface area contributed by atoms with Gasteiger partial charge in [0.25, 0.3) is 0 Å². The molecule has 1 aliphatic carbocycles. The van der Waals surface area contributed by atoms with Crippen LogP contribution in [0.15, 0.2) is 0 Å². The molecule has 1 fully saturated rings. The Balaban J connectivity index is 1.87. The Morgan fingerprint density at radius 3 is 1.59 bits per heavy atom. The van der Waals surface area contributed by atoms with Crippen molar-refractivity contribution in [2.75, 3.05) is 0 Å². The van der Waals surface area contributed by atoms with Crippen LogP contribution in [0, 0.1) is 17.8 Å². The average Bonchev–Trinajstić information content (AvgIpc) is 2.75. The van der Waals surface area contributed by atoms with Crippen molar-refractivity contribution in [1.29, 1.82) is 0 Å². The lowest BCUT2D eigenvalue weighted by Crippen LogP contribution is -2.35. The Kier molecular flexibility index (Phi) is 18.3. The second-order valence-corrected chi connectivity index (χ2v) is 11.3. The first-order valence-corrected chi connectivity index (χ1v) is 14.7. The third-order valence-corrected chi connectivity index (χ3v) is 7.73. The van der Waals surface area contributed by atoms with E-state index in [-0.39, 0.29) is 12.1 Å². The molecule has 0 N–H and O–H groups in total. The molecule has 32 heavy (non-hydrogen) atoms. The van der Waals surface area contributed by atoms with Crippen LogP contribution < -0.4 is 0 Å². The lowest BCUT2D eigenvalue weighted by Gasteiger charge is -2.36. The first-order chi connectivity index (χ1) is 15.5. The molecule has 1 rings (SSSR count). The Morgan fingerprint density at radius 2 is 1.16 bits per heavy atom. The Morgan fingerprint density at radius 1 is 0.719 bits per heavy atom. The van der Waals surface area contributed by atoms with Crippen molar-refractivity contribution in [1.82, 2.24) is 0 Å². The summed E-state index contributed by atoms with van der Waals surface area (Å²) in [6.45, 7) is 9.14. The van der Waals surface area contributed by atoms with Gasteiger partial charge in [0.15, 0.2) is 0 Å². The second-order valence-electron chi connectivity index (χ2n) is 11.3. The van der Waals surface area contributed by atoms with Gasteiger partial charge in [-0.15, -0.1) is 0 Å². The number of rotatable bonds is 20. The predicted molar refractivity (Wildman–Crippen MR) is 140 cm³/mol. The third kappa shape index (κ3) is 15.3. The molecule has 1 saturated carbocycles. The summed E-state index contributed by atoms with van der Waals surface area (Å²) >= 11 is 0. The molecular formula is C30H58O2. The van der Waals surface area contributed by atoms with Gasteiger partial charge in [-0.2, -0.15) is 0 Å². The average molecular weight is 451 g/mol. The monoisotopic (exact) mass is 450 g/mol. The molecule has 3 unspecified atom stereocenters. The topological polar surface area (TPSA) is 26.3 Å². The van der Waals surface area contributed by atoms with E-state index in [2.05, 4.69) is 27.7 Å². The quantitative estimate of drug-likeness (QED) is 0.136. The maximum atomic E-state index is 12.3. The van der Waals surface area contributed by atoms with Gasteiger partial charge in [-0.1, -0.05) is 137 Å². The maximum absolute atomic E-state index is 12.3. The van der Waals surface area contributed by atoms with E-state index in [1.165, 1.54) is 116 Å². The van der Waals surface area contributed by atoms with Gasteiger partial charge in [-0.3, -0.25) is 4.79 Å². The van der Waals surface area contributed by atoms with Gasteiger partial charge >= 0.3 is 5.97 Å². The second kappa shape index (κ2) is 19.9. The molecule has 0 aromatic rings. The molecule has 1 aliphatic rings. The van der Waals surface area contributed by atoms with Gasteiger partial charge in [-0.25, -0.2) is 0 Å². The van der Waals surface area contributed by atoms with E-state index in [4.69, 9.17) is 4.74 Å². The van der Waals surface area contributed by atoms with Gasteiger partial charge in [0, 0.05) is 6.42 Å². The SMILES string of the molecule is CCCCCCCCCCCCCCCCCCCC(=O)OC1CC(C)CCC1C(C)C. The van der Waals surface area contributed by atoms with E-state index >= 15 is 0 Å². The number of ether oxygens (including phenoxy) is 1. The predicted octanol–water partition coefficient (Wildman–Crippen LogP) is 10.0. The highest BCUT2D eigenvalue weighted by atomic mass is 16.5. The fraction of sp³-hybridized carbons (Fsp3) is 0.967. The molecule has 0 amide bonds. The van der Waals surface area contributed by atoms with Gasteiger partial charge in [-0.05, 0) is 37.0 Å². The first-order valence-electron chi connectivity index (χ1n) is 14.7. The molecule has 0 heterocycles. The van der Waals surface area contributed by atoms with Crippen LogP contribution in [0.2, 0.25) is 0 Å².